The Labute approximate surface area is 155 Å². The van der Waals surface area contributed by atoms with Gasteiger partial charge in [0.25, 0.3) is 0 Å². The number of aliphatic hydroxyl groups is 1. The van der Waals surface area contributed by atoms with E-state index in [9.17, 15) is 13.9 Å². The highest BCUT2D eigenvalue weighted by molar-refractivity contribution is 5.69. The number of fused-ring (bicyclic) bond motifs is 1. The molecule has 1 fully saturated rings. The van der Waals surface area contributed by atoms with Gasteiger partial charge < -0.3 is 25.4 Å². The molecule has 2 heterocycles. The van der Waals surface area contributed by atoms with Crippen LogP contribution in [0.1, 0.15) is 19.8 Å². The van der Waals surface area contributed by atoms with E-state index in [-0.39, 0.29) is 18.2 Å². The van der Waals surface area contributed by atoms with E-state index in [4.69, 9.17) is 4.74 Å². The second-order valence-electron chi connectivity index (χ2n) is 7.00. The minimum atomic E-state index is -0.916. The van der Waals surface area contributed by atoms with Crippen LogP contribution in [0.25, 0.3) is 0 Å². The molecule has 0 amide bonds. The number of likely N-dealkylation sites (N-methyl/N-ethyl adjacent to an activating group) is 1. The predicted molar refractivity (Wildman–Crippen MR) is 96.9 cm³/mol. The number of hydrogen-bond acceptors (Lipinski definition) is 7. The lowest BCUT2D eigenvalue weighted by Crippen LogP contribution is -2.48. The summed E-state index contributed by atoms with van der Waals surface area (Å²) in [5, 5.41) is 16.2. The maximum absolute atomic E-state index is 13.2. The molecule has 1 saturated carbocycles. The van der Waals surface area contributed by atoms with Gasteiger partial charge in [0.05, 0.1) is 17.9 Å². The van der Waals surface area contributed by atoms with E-state index in [0.29, 0.717) is 30.2 Å². The second-order valence-corrected chi connectivity index (χ2v) is 7.00. The number of anilines is 3. The van der Waals surface area contributed by atoms with Gasteiger partial charge in [-0.05, 0) is 19.1 Å². The van der Waals surface area contributed by atoms with Gasteiger partial charge in [-0.15, -0.1) is 0 Å². The molecule has 2 aromatic rings. The third-order valence-corrected chi connectivity index (χ3v) is 5.10. The molecule has 3 N–H and O–H groups in total. The molecule has 1 aliphatic heterocycles. The van der Waals surface area contributed by atoms with Crippen molar-refractivity contribution >= 4 is 17.5 Å². The summed E-state index contributed by atoms with van der Waals surface area (Å²) < 4.78 is 31.8. The first-order valence-corrected chi connectivity index (χ1v) is 8.83. The van der Waals surface area contributed by atoms with E-state index in [1.807, 2.05) is 18.9 Å². The van der Waals surface area contributed by atoms with Crippen molar-refractivity contribution in [2.75, 3.05) is 22.6 Å². The molecule has 27 heavy (non-hydrogen) atoms. The summed E-state index contributed by atoms with van der Waals surface area (Å²) >= 11 is 0. The molecule has 0 spiro atoms. The zero-order chi connectivity index (χ0) is 19.1. The molecule has 7 nitrogen and oxygen atoms in total. The molecule has 0 saturated heterocycles. The Morgan fingerprint density at radius 1 is 1.30 bits per heavy atom. The van der Waals surface area contributed by atoms with Crippen molar-refractivity contribution in [3.63, 3.8) is 0 Å². The van der Waals surface area contributed by atoms with Crippen LogP contribution in [-0.4, -0.2) is 46.5 Å². The molecule has 0 bridgehead atoms. The summed E-state index contributed by atoms with van der Waals surface area (Å²) in [4.78, 5) is 10.7. The Balaban J connectivity index is 1.34. The highest BCUT2D eigenvalue weighted by Crippen LogP contribution is 2.32. The van der Waals surface area contributed by atoms with E-state index in [2.05, 4.69) is 20.6 Å². The third kappa shape index (κ3) is 3.46. The summed E-state index contributed by atoms with van der Waals surface area (Å²) in [6.07, 6.45) is 2.32. The first-order chi connectivity index (χ1) is 12.9. The van der Waals surface area contributed by atoms with Gasteiger partial charge in [-0.1, -0.05) is 0 Å². The molecule has 1 aromatic heterocycles. The highest BCUT2D eigenvalue weighted by Gasteiger charge is 2.33. The topological polar surface area (TPSA) is 82.5 Å². The molecular formula is C18H21F2N5O2. The van der Waals surface area contributed by atoms with Gasteiger partial charge in [-0.3, -0.25) is 0 Å². The second kappa shape index (κ2) is 6.80. The summed E-state index contributed by atoms with van der Waals surface area (Å²) in [5.74, 6) is -0.258. The summed E-state index contributed by atoms with van der Waals surface area (Å²) in [5.41, 5.74) is 0.682. The molecular weight excluding hydrogens is 356 g/mol. The Morgan fingerprint density at radius 3 is 2.81 bits per heavy atom. The van der Waals surface area contributed by atoms with E-state index in [0.717, 1.165) is 18.0 Å². The smallest absolute Gasteiger partial charge is 0.224 e. The molecule has 2 aliphatic rings. The molecule has 2 atom stereocenters. The van der Waals surface area contributed by atoms with Gasteiger partial charge in [0, 0.05) is 32.0 Å². The number of aromatic nitrogens is 2. The van der Waals surface area contributed by atoms with Crippen LogP contribution in [-0.2, 0) is 0 Å². The molecule has 1 aromatic carbocycles. The van der Waals surface area contributed by atoms with Crippen molar-refractivity contribution < 1.29 is 18.6 Å². The number of ether oxygens (including phenoxy) is 1. The lowest BCUT2D eigenvalue weighted by Gasteiger charge is -2.38. The lowest BCUT2D eigenvalue weighted by atomic mass is 9.89. The van der Waals surface area contributed by atoms with Crippen LogP contribution >= 0.6 is 0 Å². The van der Waals surface area contributed by atoms with Crippen molar-refractivity contribution in [2.45, 2.75) is 44.2 Å². The third-order valence-electron chi connectivity index (χ3n) is 5.10. The van der Waals surface area contributed by atoms with Crippen LogP contribution in [0, 0.1) is 11.6 Å². The molecule has 0 radical (unpaired) electrons. The number of rotatable bonds is 4. The number of benzene rings is 1. The van der Waals surface area contributed by atoms with Crippen molar-refractivity contribution in [2.24, 2.45) is 0 Å². The lowest BCUT2D eigenvalue weighted by molar-refractivity contribution is 0.107. The quantitative estimate of drug-likeness (QED) is 0.754. The average molecular weight is 377 g/mol. The zero-order valence-corrected chi connectivity index (χ0v) is 15.0. The maximum atomic E-state index is 13.2. The average Bonchev–Trinajstić information content (AvgIpc) is 2.61. The molecule has 144 valence electrons. The molecule has 1 aliphatic carbocycles. The normalized spacial score (nSPS) is 26.6. The molecule has 1 unspecified atom stereocenters. The first kappa shape index (κ1) is 17.7. The van der Waals surface area contributed by atoms with Crippen molar-refractivity contribution in [3.05, 3.63) is 36.0 Å². The van der Waals surface area contributed by atoms with Crippen LogP contribution in [0.15, 0.2) is 24.4 Å². The van der Waals surface area contributed by atoms with Gasteiger partial charge in [-0.25, -0.2) is 13.8 Å². The highest BCUT2D eigenvalue weighted by atomic mass is 19.2. The van der Waals surface area contributed by atoms with Crippen LogP contribution < -0.4 is 20.3 Å². The van der Waals surface area contributed by atoms with Crippen LogP contribution in [0.5, 0.6) is 5.75 Å². The van der Waals surface area contributed by atoms with Gasteiger partial charge in [0.2, 0.25) is 5.95 Å². The Bertz CT molecular complexity index is 846. The molecule has 9 heteroatoms. The summed E-state index contributed by atoms with van der Waals surface area (Å²) in [7, 11) is 1.87. The minimum absolute atomic E-state index is 0.0653. The standard InChI is InChI=1S/C18H21F2N5O2/c1-9-17(26)23-15-8-21-18(24-16(15)25(9)2)22-10-5-12(6-10)27-11-3-4-13(19)14(20)7-11/h3-4,7-10,12,17,23,26H,5-6H2,1-2H3,(H,21,22,24)/t9-,10?,12?,17?/m0/s1. The monoisotopic (exact) mass is 377 g/mol. The number of nitrogens with one attached hydrogen (secondary N) is 2. The predicted octanol–water partition coefficient (Wildman–Crippen LogP) is 2.35. The zero-order valence-electron chi connectivity index (χ0n) is 15.0. The van der Waals surface area contributed by atoms with Crippen molar-refractivity contribution in [3.8, 4) is 5.75 Å². The van der Waals surface area contributed by atoms with Crippen LogP contribution in [0.3, 0.4) is 0 Å². The fourth-order valence-electron chi connectivity index (χ4n) is 3.20. The Morgan fingerprint density at radius 2 is 2.07 bits per heavy atom. The van der Waals surface area contributed by atoms with Crippen molar-refractivity contribution in [1.82, 2.24) is 9.97 Å². The largest absolute Gasteiger partial charge is 0.490 e. The fraction of sp³-hybridized carbons (Fsp3) is 0.444. The Kier molecular flexibility index (Phi) is 4.47. The molecule has 4 rings (SSSR count). The van der Waals surface area contributed by atoms with Gasteiger partial charge >= 0.3 is 0 Å². The number of halogens is 2. The number of hydrogen-bond donors (Lipinski definition) is 3. The summed E-state index contributed by atoms with van der Waals surface area (Å²) in [6, 6.07) is 3.56. The SMILES string of the molecule is C[C@H]1C(O)Nc2cnc(NC3CC(Oc4ccc(F)c(F)c4)C3)nc2N1C. The fourth-order valence-corrected chi connectivity index (χ4v) is 3.20. The van der Waals surface area contributed by atoms with Gasteiger partial charge in [0.15, 0.2) is 17.5 Å². The first-order valence-electron chi connectivity index (χ1n) is 8.83. The minimum Gasteiger partial charge on any atom is -0.490 e. The van der Waals surface area contributed by atoms with E-state index in [1.165, 1.54) is 6.07 Å². The number of nitrogens with zero attached hydrogens (tertiary/aromatic N) is 3. The van der Waals surface area contributed by atoms with Crippen LogP contribution in [0.4, 0.5) is 26.2 Å². The van der Waals surface area contributed by atoms with E-state index < -0.39 is 17.9 Å². The Hall–Kier alpha value is -2.68. The van der Waals surface area contributed by atoms with E-state index in [1.54, 1.807) is 6.20 Å². The van der Waals surface area contributed by atoms with Crippen molar-refractivity contribution in [1.29, 1.82) is 0 Å². The van der Waals surface area contributed by atoms with Crippen LogP contribution in [0.2, 0.25) is 0 Å². The summed E-state index contributed by atoms with van der Waals surface area (Å²) in [6.45, 7) is 1.90. The van der Waals surface area contributed by atoms with Gasteiger partial charge in [-0.2, -0.15) is 4.98 Å². The maximum Gasteiger partial charge on any atom is 0.224 e. The number of aliphatic hydroxyl groups excluding tert-OH is 1. The van der Waals surface area contributed by atoms with Gasteiger partial charge in [0.1, 0.15) is 18.1 Å². The van der Waals surface area contributed by atoms with E-state index >= 15 is 0 Å².